The lowest BCUT2D eigenvalue weighted by molar-refractivity contribution is -0.125. The topological polar surface area (TPSA) is 48.1 Å². The minimum atomic E-state index is -0.0577. The maximum atomic E-state index is 13.4. The Labute approximate surface area is 197 Å². The summed E-state index contributed by atoms with van der Waals surface area (Å²) in [5, 5.41) is 3.28. The number of hydrogen-bond donors (Lipinski definition) is 1. The summed E-state index contributed by atoms with van der Waals surface area (Å²) in [5.74, 6) is 1.01. The summed E-state index contributed by atoms with van der Waals surface area (Å²) in [7, 11) is 1.72. The van der Waals surface area contributed by atoms with E-state index in [2.05, 4.69) is 63.3 Å². The number of carbonyl (C=O) groups is 1. The van der Waals surface area contributed by atoms with E-state index in [1.165, 1.54) is 35.3 Å². The molecule has 2 aromatic rings. The largest absolute Gasteiger partial charge is 0.497 e. The highest BCUT2D eigenvalue weighted by molar-refractivity contribution is 5.82. The van der Waals surface area contributed by atoms with Gasteiger partial charge >= 0.3 is 0 Å². The zero-order valence-electron chi connectivity index (χ0n) is 19.9. The zero-order valence-corrected chi connectivity index (χ0v) is 19.9. The second-order valence-corrected chi connectivity index (χ2v) is 9.69. The number of carbonyl (C=O) groups excluding carboxylic acids is 1. The van der Waals surface area contributed by atoms with Gasteiger partial charge in [-0.2, -0.15) is 0 Å². The molecule has 3 aliphatic heterocycles. The van der Waals surface area contributed by atoms with Gasteiger partial charge in [0.05, 0.1) is 19.1 Å². The van der Waals surface area contributed by atoms with Crippen LogP contribution in [-0.2, 0) is 11.2 Å². The van der Waals surface area contributed by atoms with Crippen LogP contribution in [0.5, 0.6) is 5.75 Å². The molecule has 2 atom stereocenters. The number of benzene rings is 2. The van der Waals surface area contributed by atoms with Gasteiger partial charge in [-0.15, -0.1) is 0 Å². The Bertz CT molecular complexity index is 971. The Balaban J connectivity index is 1.36. The Morgan fingerprint density at radius 3 is 2.61 bits per heavy atom. The van der Waals surface area contributed by atoms with Crippen LogP contribution in [0.2, 0.25) is 0 Å². The Morgan fingerprint density at radius 1 is 1.06 bits per heavy atom. The van der Waals surface area contributed by atoms with E-state index in [4.69, 9.17) is 4.74 Å². The smallest absolute Gasteiger partial charge is 0.225 e. The standard InChI is InChI=1S/C27H36N4O2/c1-20-5-8-22(9-6-20)30-15-16-31-25-18-23(33-2)10-7-21(25)17-24(26(31)19-30)27(32)28-11-14-29-12-3-4-13-29/h5-10,18,24,26H,3-4,11-17,19H2,1-2H3,(H,28,32). The van der Waals surface area contributed by atoms with Crippen molar-refractivity contribution in [1.82, 2.24) is 10.2 Å². The van der Waals surface area contributed by atoms with Crippen LogP contribution in [0.3, 0.4) is 0 Å². The summed E-state index contributed by atoms with van der Waals surface area (Å²) in [4.78, 5) is 20.8. The first-order valence-corrected chi connectivity index (χ1v) is 12.4. The lowest BCUT2D eigenvalue weighted by Gasteiger charge is -2.49. The molecule has 0 bridgehead atoms. The Hall–Kier alpha value is -2.73. The highest BCUT2D eigenvalue weighted by Crippen LogP contribution is 2.39. The van der Waals surface area contributed by atoms with Crippen molar-refractivity contribution in [2.24, 2.45) is 5.92 Å². The Morgan fingerprint density at radius 2 is 1.85 bits per heavy atom. The maximum absolute atomic E-state index is 13.4. The van der Waals surface area contributed by atoms with Crippen molar-refractivity contribution in [2.75, 3.05) is 62.7 Å². The number of methoxy groups -OCH3 is 1. The summed E-state index contributed by atoms with van der Waals surface area (Å²) in [6.45, 7) is 8.83. The predicted molar refractivity (Wildman–Crippen MR) is 133 cm³/mol. The molecule has 0 saturated carbocycles. The molecule has 5 rings (SSSR count). The first-order chi connectivity index (χ1) is 16.1. The molecule has 6 nitrogen and oxygen atoms in total. The third kappa shape index (κ3) is 4.67. The number of aryl methyl sites for hydroxylation is 1. The molecule has 0 aromatic heterocycles. The summed E-state index contributed by atoms with van der Waals surface area (Å²) < 4.78 is 5.52. The van der Waals surface area contributed by atoms with Crippen molar-refractivity contribution in [1.29, 1.82) is 0 Å². The van der Waals surface area contributed by atoms with Crippen LogP contribution in [0, 0.1) is 12.8 Å². The van der Waals surface area contributed by atoms with Gasteiger partial charge in [-0.1, -0.05) is 23.8 Å². The van der Waals surface area contributed by atoms with E-state index in [1.54, 1.807) is 7.11 Å². The minimum Gasteiger partial charge on any atom is -0.497 e. The van der Waals surface area contributed by atoms with Crippen molar-refractivity contribution in [2.45, 2.75) is 32.2 Å². The van der Waals surface area contributed by atoms with Crippen molar-refractivity contribution in [3.63, 3.8) is 0 Å². The van der Waals surface area contributed by atoms with Gasteiger partial charge < -0.3 is 24.8 Å². The molecule has 3 aliphatic rings. The second-order valence-electron chi connectivity index (χ2n) is 9.69. The number of hydrogen-bond acceptors (Lipinski definition) is 5. The molecule has 6 heteroatoms. The van der Waals surface area contributed by atoms with Crippen LogP contribution < -0.4 is 19.9 Å². The van der Waals surface area contributed by atoms with Crippen LogP contribution in [-0.4, -0.2) is 69.8 Å². The normalized spacial score (nSPS) is 22.6. The molecule has 2 fully saturated rings. The van der Waals surface area contributed by atoms with E-state index in [0.29, 0.717) is 0 Å². The minimum absolute atomic E-state index is 0.0577. The molecular weight excluding hydrogens is 412 g/mol. The highest BCUT2D eigenvalue weighted by atomic mass is 16.5. The monoisotopic (exact) mass is 448 g/mol. The summed E-state index contributed by atoms with van der Waals surface area (Å²) in [6, 6.07) is 15.2. The number of nitrogens with zero attached hydrogens (tertiary/aromatic N) is 3. The number of fused-ring (bicyclic) bond motifs is 3. The molecule has 3 heterocycles. The number of rotatable bonds is 6. The van der Waals surface area contributed by atoms with Crippen molar-refractivity contribution >= 4 is 17.3 Å². The van der Waals surface area contributed by atoms with E-state index in [0.717, 1.165) is 58.0 Å². The molecule has 1 N–H and O–H groups in total. The second kappa shape index (κ2) is 9.64. The third-order valence-corrected chi connectivity index (χ3v) is 7.59. The zero-order chi connectivity index (χ0) is 22.8. The lowest BCUT2D eigenvalue weighted by atomic mass is 9.83. The van der Waals surface area contributed by atoms with Gasteiger partial charge in [-0.25, -0.2) is 0 Å². The molecule has 2 saturated heterocycles. The maximum Gasteiger partial charge on any atom is 0.225 e. The number of anilines is 2. The third-order valence-electron chi connectivity index (χ3n) is 7.59. The number of amides is 1. The van der Waals surface area contributed by atoms with Gasteiger partial charge in [0.1, 0.15) is 5.75 Å². The molecule has 33 heavy (non-hydrogen) atoms. The van der Waals surface area contributed by atoms with E-state index in [9.17, 15) is 4.79 Å². The summed E-state index contributed by atoms with van der Waals surface area (Å²) in [6.07, 6.45) is 3.34. The fraction of sp³-hybridized carbons (Fsp3) is 0.519. The van der Waals surface area contributed by atoms with Crippen LogP contribution >= 0.6 is 0 Å². The van der Waals surface area contributed by atoms with E-state index < -0.39 is 0 Å². The van der Waals surface area contributed by atoms with Crippen molar-refractivity contribution in [3.8, 4) is 5.75 Å². The summed E-state index contributed by atoms with van der Waals surface area (Å²) in [5.41, 5.74) is 4.98. The van der Waals surface area contributed by atoms with Crippen molar-refractivity contribution in [3.05, 3.63) is 53.6 Å². The molecule has 176 valence electrons. The van der Waals surface area contributed by atoms with Gasteiger partial charge in [-0.3, -0.25) is 4.79 Å². The molecule has 2 unspecified atom stereocenters. The quantitative estimate of drug-likeness (QED) is 0.736. The first-order valence-electron chi connectivity index (χ1n) is 12.4. The lowest BCUT2D eigenvalue weighted by Crippen LogP contribution is -2.61. The fourth-order valence-corrected chi connectivity index (χ4v) is 5.67. The number of piperazine rings is 1. The molecule has 0 spiro atoms. The van der Waals surface area contributed by atoms with E-state index in [1.807, 2.05) is 6.07 Å². The van der Waals surface area contributed by atoms with Gasteiger partial charge in [0.15, 0.2) is 0 Å². The Kier molecular flexibility index (Phi) is 6.45. The molecule has 0 aliphatic carbocycles. The summed E-state index contributed by atoms with van der Waals surface area (Å²) >= 11 is 0. The van der Waals surface area contributed by atoms with E-state index >= 15 is 0 Å². The molecule has 2 aromatic carbocycles. The predicted octanol–water partition coefficient (Wildman–Crippen LogP) is 3.08. The number of ether oxygens (including phenoxy) is 1. The van der Waals surface area contributed by atoms with Gasteiger partial charge in [0.25, 0.3) is 0 Å². The molecular formula is C27H36N4O2. The average molecular weight is 449 g/mol. The van der Waals surface area contributed by atoms with Crippen molar-refractivity contribution < 1.29 is 9.53 Å². The molecule has 0 radical (unpaired) electrons. The number of likely N-dealkylation sites (tertiary alicyclic amines) is 1. The fourth-order valence-electron chi connectivity index (χ4n) is 5.67. The highest BCUT2D eigenvalue weighted by Gasteiger charge is 2.41. The van der Waals surface area contributed by atoms with Crippen LogP contribution in [0.4, 0.5) is 11.4 Å². The van der Waals surface area contributed by atoms with Gasteiger partial charge in [0.2, 0.25) is 5.91 Å². The van der Waals surface area contributed by atoms with Crippen LogP contribution in [0.25, 0.3) is 0 Å². The van der Waals surface area contributed by atoms with Crippen LogP contribution in [0.1, 0.15) is 24.0 Å². The molecule has 1 amide bonds. The van der Waals surface area contributed by atoms with Gasteiger partial charge in [-0.05, 0) is 63.0 Å². The first kappa shape index (κ1) is 22.1. The SMILES string of the molecule is COc1ccc2c(c1)N1CCN(c3ccc(C)cc3)CC1C(C(=O)NCCN1CCCC1)C2. The van der Waals surface area contributed by atoms with E-state index in [-0.39, 0.29) is 17.9 Å². The van der Waals surface area contributed by atoms with Crippen LogP contribution in [0.15, 0.2) is 42.5 Å². The average Bonchev–Trinajstić information content (AvgIpc) is 3.37. The van der Waals surface area contributed by atoms with Gasteiger partial charge in [0, 0.05) is 50.2 Å². The number of nitrogens with one attached hydrogen (secondary N) is 1.